The zero-order chi connectivity index (χ0) is 37.0. The summed E-state index contributed by atoms with van der Waals surface area (Å²) in [6.07, 6.45) is -22.8. The first-order chi connectivity index (χ1) is 23.7. The third-order valence-electron chi connectivity index (χ3n) is 9.57. The Hall–Kier alpha value is -1.33. The molecule has 22 heteroatoms. The highest BCUT2D eigenvalue weighted by atomic mass is 16.8. The Labute approximate surface area is 288 Å². The van der Waals surface area contributed by atoms with E-state index < -0.39 is 135 Å². The Morgan fingerprint density at radius 2 is 1.30 bits per heavy atom. The van der Waals surface area contributed by atoms with Gasteiger partial charge in [-0.15, -0.1) is 0 Å². The number of hydrogen-bond acceptors (Lipinski definition) is 21. The quantitative estimate of drug-likeness (QED) is 0.0789. The molecule has 4 fully saturated rings. The normalized spacial score (nSPS) is 47.6. The summed E-state index contributed by atoms with van der Waals surface area (Å²) in [7, 11) is 1.60. The number of nitrogens with two attached hydrogens (primary N) is 5. The standard InChI is InChI=1S/C28H55N7O15/c1-34-6-12-18(40)20(42)15(33)27(46-12)48-22-8(31)4-9(35-25(44)10(37)2-3-29)16(38)24(22)50-28-21(43)23(13(7-36)47-28)49-26-14(32)19(41)17(39)11(5-30)45-26/h8-24,26-28,34,36-43H,2-7,29-33H2,1H3,(H,35,44). The average Bonchev–Trinajstić information content (AvgIpc) is 3.39. The summed E-state index contributed by atoms with van der Waals surface area (Å²) < 4.78 is 35.3. The van der Waals surface area contributed by atoms with E-state index in [0.717, 1.165) is 0 Å². The lowest BCUT2D eigenvalue weighted by Gasteiger charge is -2.48. The Balaban J connectivity index is 1.57. The number of ether oxygens (including phenoxy) is 6. The molecule has 4 rings (SSSR count). The number of carbonyl (C=O) groups excluding carboxylic acids is 1. The van der Waals surface area contributed by atoms with Crippen LogP contribution in [0.25, 0.3) is 0 Å². The number of likely N-dealkylation sites (N-methyl/N-ethyl adjacent to an activating group) is 1. The molecule has 1 saturated carbocycles. The molecule has 1 aliphatic carbocycles. The van der Waals surface area contributed by atoms with Crippen LogP contribution < -0.4 is 39.3 Å². The third-order valence-corrected chi connectivity index (χ3v) is 9.57. The summed E-state index contributed by atoms with van der Waals surface area (Å²) >= 11 is 0. The smallest absolute Gasteiger partial charge is 0.249 e. The zero-order valence-corrected chi connectivity index (χ0v) is 27.6. The van der Waals surface area contributed by atoms with Crippen LogP contribution in [0.3, 0.4) is 0 Å². The predicted molar refractivity (Wildman–Crippen MR) is 167 cm³/mol. The Morgan fingerprint density at radius 3 is 1.86 bits per heavy atom. The molecule has 0 aromatic carbocycles. The first-order valence-electron chi connectivity index (χ1n) is 16.6. The Morgan fingerprint density at radius 1 is 0.760 bits per heavy atom. The molecule has 4 aliphatic rings. The maximum Gasteiger partial charge on any atom is 0.249 e. The Kier molecular flexibility index (Phi) is 15.0. The van der Waals surface area contributed by atoms with Gasteiger partial charge in [-0.1, -0.05) is 0 Å². The first kappa shape index (κ1) is 41.4. The van der Waals surface area contributed by atoms with Crippen LogP contribution in [0.1, 0.15) is 12.8 Å². The summed E-state index contributed by atoms with van der Waals surface area (Å²) in [5.74, 6) is -0.840. The summed E-state index contributed by atoms with van der Waals surface area (Å²) in [6, 6.07) is -4.76. The fourth-order valence-corrected chi connectivity index (χ4v) is 6.59. The van der Waals surface area contributed by atoms with Gasteiger partial charge in [0.2, 0.25) is 5.91 Å². The van der Waals surface area contributed by atoms with Crippen LogP contribution >= 0.6 is 0 Å². The number of hydrogen-bond donors (Lipinski definition) is 15. The van der Waals surface area contributed by atoms with Crippen molar-refractivity contribution in [1.29, 1.82) is 0 Å². The molecular formula is C28H55N7O15. The lowest BCUT2D eigenvalue weighted by Crippen LogP contribution is -2.69. The molecule has 20 atom stereocenters. The molecule has 0 aromatic rings. The summed E-state index contributed by atoms with van der Waals surface area (Å²) in [4.78, 5) is 12.7. The van der Waals surface area contributed by atoms with E-state index in [9.17, 15) is 45.6 Å². The van der Waals surface area contributed by atoms with Gasteiger partial charge in [-0.2, -0.15) is 0 Å². The topological polar surface area (TPSA) is 388 Å². The number of aliphatic hydroxyl groups excluding tert-OH is 8. The average molecular weight is 730 g/mol. The van der Waals surface area contributed by atoms with Crippen molar-refractivity contribution in [2.45, 2.75) is 135 Å². The van der Waals surface area contributed by atoms with Crippen LogP contribution in [0.5, 0.6) is 0 Å². The number of aliphatic hydroxyl groups is 8. The van der Waals surface area contributed by atoms with Crippen LogP contribution in [-0.4, -0.2) is 202 Å². The van der Waals surface area contributed by atoms with E-state index in [-0.39, 0.29) is 32.5 Å². The van der Waals surface area contributed by atoms with E-state index in [4.69, 9.17) is 57.1 Å². The van der Waals surface area contributed by atoms with E-state index in [1.807, 2.05) is 0 Å². The second-order valence-electron chi connectivity index (χ2n) is 13.1. The second-order valence-corrected chi connectivity index (χ2v) is 13.1. The van der Waals surface area contributed by atoms with Gasteiger partial charge in [-0.25, -0.2) is 0 Å². The molecule has 0 bridgehead atoms. The van der Waals surface area contributed by atoms with E-state index in [1.165, 1.54) is 0 Å². The molecule has 3 heterocycles. The summed E-state index contributed by atoms with van der Waals surface area (Å²) in [6.45, 7) is -0.802. The van der Waals surface area contributed by atoms with Gasteiger partial charge in [0.15, 0.2) is 18.9 Å². The van der Waals surface area contributed by atoms with Crippen LogP contribution in [0, 0.1) is 0 Å². The van der Waals surface area contributed by atoms with Gasteiger partial charge >= 0.3 is 0 Å². The fourth-order valence-electron chi connectivity index (χ4n) is 6.59. The van der Waals surface area contributed by atoms with E-state index in [1.54, 1.807) is 7.05 Å². The third kappa shape index (κ3) is 8.88. The van der Waals surface area contributed by atoms with Crippen LogP contribution in [0.15, 0.2) is 0 Å². The molecule has 0 aromatic heterocycles. The number of rotatable bonds is 14. The van der Waals surface area contributed by atoms with Crippen molar-refractivity contribution in [3.8, 4) is 0 Å². The number of nitrogens with one attached hydrogen (secondary N) is 2. The largest absolute Gasteiger partial charge is 0.394 e. The molecule has 292 valence electrons. The van der Waals surface area contributed by atoms with Gasteiger partial charge in [0, 0.05) is 19.1 Å². The molecule has 3 aliphatic heterocycles. The second kappa shape index (κ2) is 18.1. The first-order valence-corrected chi connectivity index (χ1v) is 16.6. The van der Waals surface area contributed by atoms with Crippen molar-refractivity contribution >= 4 is 5.91 Å². The van der Waals surface area contributed by atoms with Crippen LogP contribution in [0.4, 0.5) is 0 Å². The SMILES string of the molecule is CNCC1OC(OC2C(N)CC(NC(=O)C(O)CCN)C(O)C2OC2OC(CO)C(OC3OC(CN)C(O)C(O)C3N)C2O)C(N)C(O)C1O. The van der Waals surface area contributed by atoms with Gasteiger partial charge < -0.3 is 109 Å². The highest BCUT2D eigenvalue weighted by molar-refractivity contribution is 5.80. The maximum atomic E-state index is 12.7. The van der Waals surface area contributed by atoms with Crippen molar-refractivity contribution in [2.24, 2.45) is 28.7 Å². The molecule has 50 heavy (non-hydrogen) atoms. The van der Waals surface area contributed by atoms with Gasteiger partial charge in [0.1, 0.15) is 79.4 Å². The van der Waals surface area contributed by atoms with Crippen molar-refractivity contribution < 1.29 is 74.1 Å². The molecule has 3 saturated heterocycles. The molecule has 0 radical (unpaired) electrons. The number of amides is 1. The molecule has 20 N–H and O–H groups in total. The minimum Gasteiger partial charge on any atom is -0.394 e. The minimum atomic E-state index is -1.71. The lowest BCUT2D eigenvalue weighted by atomic mass is 9.83. The van der Waals surface area contributed by atoms with Crippen LogP contribution in [0.2, 0.25) is 0 Å². The predicted octanol–water partition coefficient (Wildman–Crippen LogP) is -9.77. The van der Waals surface area contributed by atoms with Gasteiger partial charge in [0.05, 0.1) is 24.7 Å². The zero-order valence-electron chi connectivity index (χ0n) is 27.6. The van der Waals surface area contributed by atoms with E-state index >= 15 is 0 Å². The Bertz CT molecular complexity index is 1070. The van der Waals surface area contributed by atoms with E-state index in [2.05, 4.69) is 10.6 Å². The molecule has 22 nitrogen and oxygen atoms in total. The van der Waals surface area contributed by atoms with Crippen molar-refractivity contribution in [1.82, 2.24) is 10.6 Å². The van der Waals surface area contributed by atoms with Gasteiger partial charge in [-0.3, -0.25) is 4.79 Å². The monoisotopic (exact) mass is 729 g/mol. The summed E-state index contributed by atoms with van der Waals surface area (Å²) in [5.41, 5.74) is 29.8. The maximum absolute atomic E-state index is 12.7. The van der Waals surface area contributed by atoms with Crippen LogP contribution in [-0.2, 0) is 33.2 Å². The lowest BCUT2D eigenvalue weighted by molar-refractivity contribution is -0.307. The molecular weight excluding hydrogens is 674 g/mol. The molecule has 1 amide bonds. The highest BCUT2D eigenvalue weighted by Crippen LogP contribution is 2.34. The van der Waals surface area contributed by atoms with Gasteiger partial charge in [-0.05, 0) is 26.4 Å². The van der Waals surface area contributed by atoms with Crippen molar-refractivity contribution in [2.75, 3.05) is 33.3 Å². The van der Waals surface area contributed by atoms with E-state index in [0.29, 0.717) is 0 Å². The molecule has 0 spiro atoms. The summed E-state index contributed by atoms with van der Waals surface area (Å²) in [5, 5.41) is 90.2. The molecule has 20 unspecified atom stereocenters. The highest BCUT2D eigenvalue weighted by Gasteiger charge is 2.55. The number of carbonyl (C=O) groups is 1. The fraction of sp³-hybridized carbons (Fsp3) is 0.964. The van der Waals surface area contributed by atoms with Crippen molar-refractivity contribution in [3.05, 3.63) is 0 Å². The van der Waals surface area contributed by atoms with Crippen molar-refractivity contribution in [3.63, 3.8) is 0 Å². The van der Waals surface area contributed by atoms with Gasteiger partial charge in [0.25, 0.3) is 0 Å². The minimum absolute atomic E-state index is 0.00903.